The van der Waals surface area contributed by atoms with Crippen LogP contribution in [0.25, 0.3) is 0 Å². The molecule has 0 bridgehead atoms. The second-order valence-electron chi connectivity index (χ2n) is 18.1. The van der Waals surface area contributed by atoms with Gasteiger partial charge in [0.25, 0.3) is 0 Å². The third-order valence-electron chi connectivity index (χ3n) is 13.3. The van der Waals surface area contributed by atoms with Gasteiger partial charge in [-0.3, -0.25) is 9.59 Å². The number of aryl methyl sites for hydroxylation is 2. The molecule has 16 heteroatoms. The Bertz CT molecular complexity index is 1940. The molecule has 2 aliphatic heterocycles. The SMILES string of the molecule is CCC[C@]1(C(=O)Nc2ccc3c(c2)OCCOCCOCCOCCOCCO3)CCCc2cc3c(cc21)CCC[C@]3(CCC)C(=O)Nc1ccc2c(c1)OCCOCCOCCOCCOCCO2. The van der Waals surface area contributed by atoms with Crippen molar-refractivity contribution in [3.8, 4) is 23.0 Å². The Morgan fingerprint density at radius 1 is 0.414 bits per heavy atom. The molecule has 0 spiro atoms. The molecule has 2 aliphatic carbocycles. The van der Waals surface area contributed by atoms with Crippen LogP contribution in [0.5, 0.6) is 23.0 Å². The van der Waals surface area contributed by atoms with Crippen molar-refractivity contribution in [2.24, 2.45) is 0 Å². The number of carbonyl (C=O) groups excluding carboxylic acids is 2. The maximum Gasteiger partial charge on any atom is 0.235 e. The monoisotopic (exact) mass is 977 g/mol. The number of benzene rings is 3. The Morgan fingerprint density at radius 3 is 1.03 bits per heavy atom. The van der Waals surface area contributed by atoms with Crippen molar-refractivity contribution in [3.05, 3.63) is 70.8 Å². The topological polar surface area (TPSA) is 169 Å². The van der Waals surface area contributed by atoms with Gasteiger partial charge in [0.1, 0.15) is 26.4 Å². The standard InChI is InChI=1S/C54H76N2O14/c1-3-13-53(51(57)55-43-9-11-47-49(39-43)69-35-31-65-27-23-61-19-17-59-21-25-63-29-33-67-47)15-5-7-41-38-46-42(37-45(41)53)8-6-16-54(46,14-4-2)52(58)56-44-10-12-48-50(40-44)70-36-32-66-28-24-62-20-18-60-22-26-64-30-34-68-48/h9-12,37-40H,3-8,13-36H2,1-2H3,(H,55,57)(H,56,58)/t53-,54-/m0/s1. The van der Waals surface area contributed by atoms with Gasteiger partial charge in [-0.25, -0.2) is 0 Å². The number of nitrogens with one attached hydrogen (secondary N) is 2. The van der Waals surface area contributed by atoms with Crippen LogP contribution in [0.1, 0.15) is 87.5 Å². The van der Waals surface area contributed by atoms with Gasteiger partial charge in [-0.05, 0) is 97.9 Å². The molecule has 2 N–H and O–H groups in total. The summed E-state index contributed by atoms with van der Waals surface area (Å²) in [5.74, 6) is 2.03. The summed E-state index contributed by atoms with van der Waals surface area (Å²) < 4.78 is 69.7. The van der Waals surface area contributed by atoms with Gasteiger partial charge in [-0.1, -0.05) is 38.8 Å². The number of hydrogen-bond donors (Lipinski definition) is 2. The highest BCUT2D eigenvalue weighted by Crippen LogP contribution is 2.49. The van der Waals surface area contributed by atoms with Crippen molar-refractivity contribution in [2.75, 3.05) is 143 Å². The molecule has 3 aromatic carbocycles. The minimum Gasteiger partial charge on any atom is -0.487 e. The Balaban J connectivity index is 1.09. The van der Waals surface area contributed by atoms with Crippen molar-refractivity contribution >= 4 is 23.2 Å². The lowest BCUT2D eigenvalue weighted by atomic mass is 9.61. The normalized spacial score (nSPS) is 23.1. The van der Waals surface area contributed by atoms with Gasteiger partial charge < -0.3 is 67.5 Å². The van der Waals surface area contributed by atoms with E-state index in [2.05, 4.69) is 36.6 Å². The van der Waals surface area contributed by atoms with Crippen molar-refractivity contribution in [1.29, 1.82) is 0 Å². The Hall–Kier alpha value is -4.52. The van der Waals surface area contributed by atoms with E-state index in [-0.39, 0.29) is 11.8 Å². The van der Waals surface area contributed by atoms with Crippen LogP contribution >= 0.6 is 0 Å². The van der Waals surface area contributed by atoms with E-state index in [1.165, 1.54) is 0 Å². The third kappa shape index (κ3) is 14.8. The zero-order chi connectivity index (χ0) is 48.7. The number of hydrogen-bond acceptors (Lipinski definition) is 14. The largest absolute Gasteiger partial charge is 0.487 e. The molecule has 4 aliphatic rings. The first kappa shape index (κ1) is 53.3. The average molecular weight is 977 g/mol. The number of rotatable bonds is 8. The van der Waals surface area contributed by atoms with Crippen LogP contribution < -0.4 is 29.6 Å². The van der Waals surface area contributed by atoms with Crippen LogP contribution in [0, 0.1) is 0 Å². The summed E-state index contributed by atoms with van der Waals surface area (Å²) in [7, 11) is 0. The highest BCUT2D eigenvalue weighted by atomic mass is 16.6. The molecule has 2 heterocycles. The zero-order valence-electron chi connectivity index (χ0n) is 41.5. The number of anilines is 2. The molecule has 386 valence electrons. The molecule has 0 radical (unpaired) electrons. The number of ether oxygens (including phenoxy) is 12. The van der Waals surface area contributed by atoms with Crippen LogP contribution in [0.15, 0.2) is 48.5 Å². The van der Waals surface area contributed by atoms with Gasteiger partial charge in [-0.15, -0.1) is 0 Å². The average Bonchev–Trinajstić information content (AvgIpc) is 3.36. The summed E-state index contributed by atoms with van der Waals surface area (Å²) in [5.41, 5.74) is 4.15. The van der Waals surface area contributed by atoms with Crippen molar-refractivity contribution in [3.63, 3.8) is 0 Å². The summed E-state index contributed by atoms with van der Waals surface area (Å²) in [4.78, 5) is 29.9. The lowest BCUT2D eigenvalue weighted by molar-refractivity contribution is -0.123. The Morgan fingerprint density at radius 2 is 0.714 bits per heavy atom. The van der Waals surface area contributed by atoms with Gasteiger partial charge >= 0.3 is 0 Å². The number of amides is 2. The van der Waals surface area contributed by atoms with Crippen LogP contribution in [0.3, 0.4) is 0 Å². The van der Waals surface area contributed by atoms with Crippen molar-refractivity contribution in [1.82, 2.24) is 0 Å². The van der Waals surface area contributed by atoms with E-state index in [9.17, 15) is 9.59 Å². The van der Waals surface area contributed by atoms with E-state index in [4.69, 9.17) is 56.8 Å². The molecule has 2 atom stereocenters. The second-order valence-corrected chi connectivity index (χ2v) is 18.1. The van der Waals surface area contributed by atoms with Crippen LogP contribution in [-0.4, -0.2) is 144 Å². The first-order valence-corrected chi connectivity index (χ1v) is 25.7. The molecular formula is C54H76N2O14. The van der Waals surface area contributed by atoms with Crippen molar-refractivity contribution < 1.29 is 66.4 Å². The molecule has 0 saturated heterocycles. The Labute approximate surface area is 413 Å². The van der Waals surface area contributed by atoms with Crippen LogP contribution in [-0.2, 0) is 71.2 Å². The number of carbonyl (C=O) groups is 2. The van der Waals surface area contributed by atoms with E-state index in [1.54, 1.807) is 0 Å². The van der Waals surface area contributed by atoms with Crippen LogP contribution in [0.4, 0.5) is 11.4 Å². The van der Waals surface area contributed by atoms with Crippen LogP contribution in [0.2, 0.25) is 0 Å². The maximum atomic E-state index is 15.0. The minimum absolute atomic E-state index is 0.0446. The molecule has 0 unspecified atom stereocenters. The fourth-order valence-corrected chi connectivity index (χ4v) is 10.00. The molecule has 7 rings (SSSR count). The molecule has 70 heavy (non-hydrogen) atoms. The molecule has 0 aromatic heterocycles. The third-order valence-corrected chi connectivity index (χ3v) is 13.3. The van der Waals surface area contributed by atoms with E-state index >= 15 is 0 Å². The highest BCUT2D eigenvalue weighted by Gasteiger charge is 2.47. The fraction of sp³-hybridized carbons (Fsp3) is 0.630. The molecule has 0 saturated carbocycles. The summed E-state index contributed by atoms with van der Waals surface area (Å²) in [6.07, 6.45) is 7.84. The van der Waals surface area contributed by atoms with E-state index < -0.39 is 10.8 Å². The van der Waals surface area contributed by atoms with Gasteiger partial charge in [0.05, 0.1) is 117 Å². The molecule has 0 fully saturated rings. The summed E-state index contributed by atoms with van der Waals surface area (Å²) in [5, 5.41) is 6.62. The molecule has 3 aromatic rings. The molecular weight excluding hydrogens is 901 g/mol. The molecule has 2 amide bonds. The second kappa shape index (κ2) is 28.5. The highest BCUT2D eigenvalue weighted by molar-refractivity contribution is 6.01. The lowest BCUT2D eigenvalue weighted by Gasteiger charge is -2.42. The predicted octanol–water partition coefficient (Wildman–Crippen LogP) is 7.39. The molecule has 16 nitrogen and oxygen atoms in total. The lowest BCUT2D eigenvalue weighted by Crippen LogP contribution is -2.45. The minimum atomic E-state index is -0.756. The summed E-state index contributed by atoms with van der Waals surface area (Å²) in [6, 6.07) is 15.6. The smallest absolute Gasteiger partial charge is 0.235 e. The summed E-state index contributed by atoms with van der Waals surface area (Å²) >= 11 is 0. The van der Waals surface area contributed by atoms with Gasteiger partial charge in [0, 0.05) is 23.5 Å². The first-order chi connectivity index (χ1) is 34.5. The summed E-state index contributed by atoms with van der Waals surface area (Å²) in [6.45, 7) is 12.6. The Kier molecular flexibility index (Phi) is 21.7. The van der Waals surface area contributed by atoms with Gasteiger partial charge in [-0.2, -0.15) is 0 Å². The maximum absolute atomic E-state index is 15.0. The number of fused-ring (bicyclic) bond motifs is 4. The van der Waals surface area contributed by atoms with E-state index in [0.717, 1.165) is 73.6 Å². The van der Waals surface area contributed by atoms with E-state index in [0.29, 0.717) is 179 Å². The first-order valence-electron chi connectivity index (χ1n) is 25.7. The predicted molar refractivity (Wildman–Crippen MR) is 264 cm³/mol. The zero-order valence-corrected chi connectivity index (χ0v) is 41.5. The quantitative estimate of drug-likeness (QED) is 0.229. The van der Waals surface area contributed by atoms with Gasteiger partial charge in [0.15, 0.2) is 23.0 Å². The fourth-order valence-electron chi connectivity index (χ4n) is 10.00. The van der Waals surface area contributed by atoms with Crippen molar-refractivity contribution in [2.45, 2.75) is 88.9 Å². The van der Waals surface area contributed by atoms with E-state index in [1.807, 2.05) is 36.4 Å². The van der Waals surface area contributed by atoms with Gasteiger partial charge in [0.2, 0.25) is 11.8 Å².